The summed E-state index contributed by atoms with van der Waals surface area (Å²) < 4.78 is 5.77. The first-order valence-corrected chi connectivity index (χ1v) is 11.4. The van der Waals surface area contributed by atoms with Crippen LogP contribution >= 0.6 is 15.9 Å². The molecule has 0 aromatic carbocycles. The van der Waals surface area contributed by atoms with E-state index in [4.69, 9.17) is 4.74 Å². The molecule has 3 rings (SSSR count). The van der Waals surface area contributed by atoms with Crippen LogP contribution in [0.5, 0.6) is 0 Å². The first-order valence-electron chi connectivity index (χ1n) is 10.5. The van der Waals surface area contributed by atoms with Gasteiger partial charge < -0.3 is 4.74 Å². The third-order valence-electron chi connectivity index (χ3n) is 7.61. The molecule has 146 valence electrons. The normalized spacial score (nSPS) is 40.2. The molecule has 0 N–H and O–H groups in total. The maximum Gasteiger partial charge on any atom is 0.334 e. The summed E-state index contributed by atoms with van der Waals surface area (Å²) in [6.45, 7) is 13.4. The van der Waals surface area contributed by atoms with Crippen molar-refractivity contribution in [1.29, 1.82) is 0 Å². The summed E-state index contributed by atoms with van der Waals surface area (Å²) in [5, 5.41) is 0. The highest BCUT2D eigenvalue weighted by molar-refractivity contribution is 9.11. The van der Waals surface area contributed by atoms with Crippen molar-refractivity contribution in [2.45, 2.75) is 78.7 Å². The molecule has 1 heterocycles. The number of allylic oxidation sites excluding steroid dienone is 1. The molecule has 0 radical (unpaired) electrons. The molecule has 3 heteroatoms. The molecule has 3 aliphatic rings. The van der Waals surface area contributed by atoms with E-state index in [1.807, 2.05) is 0 Å². The van der Waals surface area contributed by atoms with Gasteiger partial charge in [-0.05, 0) is 79.0 Å². The van der Waals surface area contributed by atoms with Crippen molar-refractivity contribution < 1.29 is 9.53 Å². The average Bonchev–Trinajstić information content (AvgIpc) is 3.06. The maximum absolute atomic E-state index is 12.1. The van der Waals surface area contributed by atoms with Gasteiger partial charge in [-0.1, -0.05) is 55.8 Å². The number of hydrogen-bond donors (Lipinski definition) is 0. The van der Waals surface area contributed by atoms with Gasteiger partial charge in [-0.15, -0.1) is 0 Å². The molecule has 0 unspecified atom stereocenters. The van der Waals surface area contributed by atoms with E-state index in [2.05, 4.69) is 55.2 Å². The SMILES string of the molecule is C=C1C(=O)O[C@H](C[C@@H](C)[C@H]2CC[C@H]3/C(=C/Br)CCC[C@]23C)[C@H]1CC(C)C. The Morgan fingerprint density at radius 3 is 2.69 bits per heavy atom. The number of hydrogen-bond acceptors (Lipinski definition) is 2. The zero-order chi connectivity index (χ0) is 19.1. The van der Waals surface area contributed by atoms with Crippen LogP contribution in [0.25, 0.3) is 0 Å². The molecule has 2 nitrogen and oxygen atoms in total. The molecule has 2 aliphatic carbocycles. The van der Waals surface area contributed by atoms with Crippen LogP contribution in [0.2, 0.25) is 0 Å². The van der Waals surface area contributed by atoms with Crippen molar-refractivity contribution in [2.75, 3.05) is 0 Å². The Morgan fingerprint density at radius 1 is 1.31 bits per heavy atom. The van der Waals surface area contributed by atoms with Gasteiger partial charge in [-0.2, -0.15) is 0 Å². The standard InChI is InChI=1S/C23H35BrO2/c1-14(2)11-18-16(4)22(25)26-21(18)12-15(3)19-8-9-20-17(13-24)7-6-10-23(19,20)5/h13-15,18-21H,4,6-12H2,1-3,5H3/b17-13+/t15-,18+,19-,20+,21-,23-/m1/s1. The van der Waals surface area contributed by atoms with E-state index in [1.165, 1.54) is 32.1 Å². The number of cyclic esters (lactones) is 1. The van der Waals surface area contributed by atoms with Crippen molar-refractivity contribution in [1.82, 2.24) is 0 Å². The molecule has 1 saturated heterocycles. The lowest BCUT2D eigenvalue weighted by Crippen LogP contribution is -2.37. The van der Waals surface area contributed by atoms with Gasteiger partial charge in [0.25, 0.3) is 0 Å². The molecule has 0 amide bonds. The molecule has 26 heavy (non-hydrogen) atoms. The molecule has 3 fully saturated rings. The number of halogens is 1. The van der Waals surface area contributed by atoms with Crippen LogP contribution in [0, 0.1) is 35.0 Å². The van der Waals surface area contributed by atoms with Crippen LogP contribution < -0.4 is 0 Å². The number of esters is 1. The van der Waals surface area contributed by atoms with Crippen molar-refractivity contribution in [2.24, 2.45) is 35.0 Å². The molecule has 0 bridgehead atoms. The van der Waals surface area contributed by atoms with Gasteiger partial charge in [-0.3, -0.25) is 0 Å². The summed E-state index contributed by atoms with van der Waals surface area (Å²) in [5.41, 5.74) is 2.73. The van der Waals surface area contributed by atoms with Gasteiger partial charge in [0.15, 0.2) is 0 Å². The summed E-state index contributed by atoms with van der Waals surface area (Å²) >= 11 is 3.61. The molecule has 1 aliphatic heterocycles. The van der Waals surface area contributed by atoms with E-state index < -0.39 is 0 Å². The Hall–Kier alpha value is -0.570. The first kappa shape index (κ1) is 20.2. The zero-order valence-electron chi connectivity index (χ0n) is 16.9. The third-order valence-corrected chi connectivity index (χ3v) is 8.20. The predicted octanol–water partition coefficient (Wildman–Crippen LogP) is 6.65. The van der Waals surface area contributed by atoms with Crippen LogP contribution in [0.1, 0.15) is 72.6 Å². The van der Waals surface area contributed by atoms with Gasteiger partial charge in [0, 0.05) is 11.5 Å². The van der Waals surface area contributed by atoms with Crippen molar-refractivity contribution >= 4 is 21.9 Å². The smallest absolute Gasteiger partial charge is 0.334 e. The Morgan fingerprint density at radius 2 is 2.04 bits per heavy atom. The maximum atomic E-state index is 12.1. The first-order chi connectivity index (χ1) is 12.3. The molecule has 0 spiro atoms. The summed E-state index contributed by atoms with van der Waals surface area (Å²) in [4.78, 5) is 14.3. The van der Waals surface area contributed by atoms with E-state index in [0.29, 0.717) is 22.8 Å². The molecular formula is C23H35BrO2. The monoisotopic (exact) mass is 422 g/mol. The Kier molecular flexibility index (Phi) is 6.06. The van der Waals surface area contributed by atoms with Crippen molar-refractivity contribution in [3.63, 3.8) is 0 Å². The second kappa shape index (κ2) is 7.81. The fraction of sp³-hybridized carbons (Fsp3) is 0.783. The van der Waals surface area contributed by atoms with Gasteiger partial charge in [0.1, 0.15) is 6.10 Å². The minimum Gasteiger partial charge on any atom is -0.458 e. The molecule has 6 atom stereocenters. The number of rotatable bonds is 5. The topological polar surface area (TPSA) is 26.3 Å². The second-order valence-corrected chi connectivity index (χ2v) is 10.2. The highest BCUT2D eigenvalue weighted by Gasteiger charge is 2.51. The lowest BCUT2D eigenvalue weighted by atomic mass is 9.61. The molecule has 0 aromatic rings. The highest BCUT2D eigenvalue weighted by atomic mass is 79.9. The fourth-order valence-corrected chi connectivity index (χ4v) is 6.91. The Balaban J connectivity index is 1.72. The van der Waals surface area contributed by atoms with E-state index >= 15 is 0 Å². The van der Waals surface area contributed by atoms with Crippen LogP contribution in [-0.2, 0) is 9.53 Å². The van der Waals surface area contributed by atoms with E-state index in [1.54, 1.807) is 5.57 Å². The largest absolute Gasteiger partial charge is 0.458 e. The summed E-state index contributed by atoms with van der Waals surface area (Å²) in [5.74, 6) is 2.64. The quantitative estimate of drug-likeness (QED) is 0.365. The second-order valence-electron chi connectivity index (χ2n) is 9.70. The number of fused-ring (bicyclic) bond motifs is 1. The van der Waals surface area contributed by atoms with E-state index in [0.717, 1.165) is 24.7 Å². The van der Waals surface area contributed by atoms with Crippen LogP contribution in [0.4, 0.5) is 0 Å². The lowest BCUT2D eigenvalue weighted by Gasteiger charge is -2.44. The Bertz CT molecular complexity index is 593. The highest BCUT2D eigenvalue weighted by Crippen LogP contribution is 2.60. The summed E-state index contributed by atoms with van der Waals surface area (Å²) in [6, 6.07) is 0. The number of carbonyl (C=O) groups is 1. The minimum absolute atomic E-state index is 0.0322. The molecule has 0 aromatic heterocycles. The average molecular weight is 423 g/mol. The minimum atomic E-state index is -0.162. The lowest BCUT2D eigenvalue weighted by molar-refractivity contribution is -0.140. The Labute approximate surface area is 168 Å². The predicted molar refractivity (Wildman–Crippen MR) is 111 cm³/mol. The molecule has 2 saturated carbocycles. The van der Waals surface area contributed by atoms with Crippen LogP contribution in [0.3, 0.4) is 0 Å². The third kappa shape index (κ3) is 3.57. The van der Waals surface area contributed by atoms with Gasteiger partial charge in [-0.25, -0.2) is 4.79 Å². The van der Waals surface area contributed by atoms with Crippen molar-refractivity contribution in [3.8, 4) is 0 Å². The fourth-order valence-electron chi connectivity index (χ4n) is 6.36. The van der Waals surface area contributed by atoms with Crippen molar-refractivity contribution in [3.05, 3.63) is 22.7 Å². The number of ether oxygens (including phenoxy) is 1. The van der Waals surface area contributed by atoms with Gasteiger partial charge in [0.2, 0.25) is 0 Å². The summed E-state index contributed by atoms with van der Waals surface area (Å²) in [7, 11) is 0. The van der Waals surface area contributed by atoms with Crippen LogP contribution in [0.15, 0.2) is 22.7 Å². The molecular weight excluding hydrogens is 388 g/mol. The van der Waals surface area contributed by atoms with Gasteiger partial charge in [0.05, 0.1) is 0 Å². The number of carbonyl (C=O) groups excluding carboxylic acids is 1. The van der Waals surface area contributed by atoms with E-state index in [-0.39, 0.29) is 18.0 Å². The zero-order valence-corrected chi connectivity index (χ0v) is 18.5. The van der Waals surface area contributed by atoms with E-state index in [9.17, 15) is 4.79 Å². The van der Waals surface area contributed by atoms with Crippen LogP contribution in [-0.4, -0.2) is 12.1 Å². The van der Waals surface area contributed by atoms with Gasteiger partial charge >= 0.3 is 5.97 Å². The summed E-state index contributed by atoms with van der Waals surface area (Å²) in [6.07, 6.45) is 8.54.